The lowest BCUT2D eigenvalue weighted by Crippen LogP contribution is -2.33. The Labute approximate surface area is 183 Å². The summed E-state index contributed by atoms with van der Waals surface area (Å²) in [6, 6.07) is -0.628. The van der Waals surface area contributed by atoms with Crippen LogP contribution in [0.25, 0.3) is 0 Å². The molecule has 3 heterocycles. The maximum absolute atomic E-state index is 13.1. The summed E-state index contributed by atoms with van der Waals surface area (Å²) >= 11 is 0. The van der Waals surface area contributed by atoms with Gasteiger partial charge in [-0.3, -0.25) is 4.68 Å². The molecule has 0 aliphatic heterocycles. The molecule has 0 aromatic carbocycles. The molecule has 178 valence electrons. The molecule has 1 fully saturated rings. The average molecular weight is 475 g/mol. The van der Waals surface area contributed by atoms with Gasteiger partial charge < -0.3 is 10.6 Å². The highest BCUT2D eigenvalue weighted by molar-refractivity contribution is 5.58. The second-order valence-electron chi connectivity index (χ2n) is 7.50. The Balaban J connectivity index is 1.48. The van der Waals surface area contributed by atoms with Crippen molar-refractivity contribution in [2.24, 2.45) is 0 Å². The van der Waals surface area contributed by atoms with Crippen molar-refractivity contribution >= 4 is 17.5 Å². The highest BCUT2D eigenvalue weighted by Crippen LogP contribution is 2.44. The van der Waals surface area contributed by atoms with Gasteiger partial charge in [0.15, 0.2) is 0 Å². The van der Waals surface area contributed by atoms with Crippen molar-refractivity contribution in [3.8, 4) is 0 Å². The summed E-state index contributed by atoms with van der Waals surface area (Å²) in [4.78, 5) is 11.0. The largest absolute Gasteiger partial charge is 0.451 e. The van der Waals surface area contributed by atoms with E-state index in [9.17, 15) is 26.3 Å². The molecule has 3 aromatic heterocycles. The van der Waals surface area contributed by atoms with Gasteiger partial charge in [-0.25, -0.2) is 14.6 Å². The van der Waals surface area contributed by atoms with Crippen LogP contribution in [0.2, 0.25) is 0 Å². The van der Waals surface area contributed by atoms with Gasteiger partial charge in [-0.15, -0.1) is 0 Å². The number of hydrogen-bond acceptors (Lipinski definition) is 7. The minimum atomic E-state index is -4.60. The molecule has 0 atom stereocenters. The van der Waals surface area contributed by atoms with Crippen molar-refractivity contribution < 1.29 is 26.3 Å². The van der Waals surface area contributed by atoms with Crippen LogP contribution in [-0.2, 0) is 12.4 Å². The van der Waals surface area contributed by atoms with Gasteiger partial charge in [0.2, 0.25) is 11.8 Å². The standard InChI is InChI=1S/C18H19F6N9/c1-3-25-14-12(17(19,20)21)6-26-16(31-14)30-13-7-28-32(9(13)2)10-4-11(5-10)33-15(18(22,23)24)27-8-29-33/h6-8,10-11H,3-5H2,1-2H3,(H2,25,26,30,31). The lowest BCUT2D eigenvalue weighted by atomic mass is 9.86. The fourth-order valence-electron chi connectivity index (χ4n) is 3.67. The maximum Gasteiger partial charge on any atom is 0.451 e. The first kappa shape index (κ1) is 22.8. The zero-order valence-corrected chi connectivity index (χ0v) is 17.4. The molecule has 0 unspecified atom stereocenters. The summed E-state index contributed by atoms with van der Waals surface area (Å²) in [7, 11) is 0. The number of hydrogen-bond donors (Lipinski definition) is 2. The predicted molar refractivity (Wildman–Crippen MR) is 104 cm³/mol. The summed E-state index contributed by atoms with van der Waals surface area (Å²) in [5.74, 6) is -1.44. The van der Waals surface area contributed by atoms with Gasteiger partial charge in [0.1, 0.15) is 17.7 Å². The van der Waals surface area contributed by atoms with E-state index < -0.39 is 29.8 Å². The molecule has 15 heteroatoms. The number of halogens is 6. The maximum atomic E-state index is 13.1. The lowest BCUT2D eigenvalue weighted by Gasteiger charge is -2.36. The molecule has 0 spiro atoms. The minimum Gasteiger partial charge on any atom is -0.370 e. The molecular formula is C18H19F6N9. The van der Waals surface area contributed by atoms with Gasteiger partial charge in [0, 0.05) is 12.7 Å². The Kier molecular flexibility index (Phi) is 5.66. The molecule has 3 aromatic rings. The van der Waals surface area contributed by atoms with E-state index in [1.54, 1.807) is 18.5 Å². The lowest BCUT2D eigenvalue weighted by molar-refractivity contribution is -0.149. The quantitative estimate of drug-likeness (QED) is 0.511. The van der Waals surface area contributed by atoms with Gasteiger partial charge in [-0.1, -0.05) is 0 Å². The van der Waals surface area contributed by atoms with Crippen LogP contribution in [0.5, 0.6) is 0 Å². The summed E-state index contributed by atoms with van der Waals surface area (Å²) in [5.41, 5.74) is 0.133. The monoisotopic (exact) mass is 475 g/mol. The van der Waals surface area contributed by atoms with E-state index in [2.05, 4.69) is 35.8 Å². The van der Waals surface area contributed by atoms with Crippen LogP contribution in [0.1, 0.15) is 48.9 Å². The smallest absolute Gasteiger partial charge is 0.370 e. The number of anilines is 3. The molecule has 1 saturated carbocycles. The molecule has 4 rings (SSSR count). The SMILES string of the molecule is CCNc1nc(Nc2cnn(C3CC(n4ncnc4C(F)(F)F)C3)c2C)ncc1C(F)(F)F. The molecule has 9 nitrogen and oxygen atoms in total. The first-order chi connectivity index (χ1) is 15.5. The molecule has 1 aliphatic carbocycles. The Hall–Kier alpha value is -3.39. The second-order valence-corrected chi connectivity index (χ2v) is 7.50. The first-order valence-corrected chi connectivity index (χ1v) is 9.95. The van der Waals surface area contributed by atoms with E-state index in [0.29, 0.717) is 30.4 Å². The third-order valence-corrected chi connectivity index (χ3v) is 5.34. The third kappa shape index (κ3) is 4.43. The Morgan fingerprint density at radius 1 is 0.970 bits per heavy atom. The van der Waals surface area contributed by atoms with Crippen LogP contribution in [0.4, 0.5) is 43.8 Å². The van der Waals surface area contributed by atoms with Crippen LogP contribution in [0, 0.1) is 6.92 Å². The number of nitrogens with one attached hydrogen (secondary N) is 2. The van der Waals surface area contributed by atoms with Crippen LogP contribution in [-0.4, -0.2) is 41.1 Å². The number of nitrogens with zero attached hydrogens (tertiary/aromatic N) is 7. The second kappa shape index (κ2) is 8.19. The summed E-state index contributed by atoms with van der Waals surface area (Å²) < 4.78 is 81.0. The molecule has 0 bridgehead atoms. The molecule has 1 aliphatic rings. The van der Waals surface area contributed by atoms with Crippen LogP contribution in [0.3, 0.4) is 0 Å². The van der Waals surface area contributed by atoms with Gasteiger partial charge in [-0.05, 0) is 26.7 Å². The van der Waals surface area contributed by atoms with E-state index >= 15 is 0 Å². The van der Waals surface area contributed by atoms with Crippen molar-refractivity contribution in [2.75, 3.05) is 17.2 Å². The Morgan fingerprint density at radius 3 is 2.30 bits per heavy atom. The summed E-state index contributed by atoms with van der Waals surface area (Å²) in [5, 5.41) is 13.4. The fourth-order valence-corrected chi connectivity index (χ4v) is 3.67. The Bertz CT molecular complexity index is 1130. The van der Waals surface area contributed by atoms with Gasteiger partial charge >= 0.3 is 12.4 Å². The van der Waals surface area contributed by atoms with Crippen LogP contribution >= 0.6 is 0 Å². The van der Waals surface area contributed by atoms with E-state index in [-0.39, 0.29) is 24.4 Å². The van der Waals surface area contributed by atoms with Crippen molar-refractivity contribution in [1.82, 2.24) is 34.5 Å². The van der Waals surface area contributed by atoms with Gasteiger partial charge in [0.05, 0.1) is 29.7 Å². The van der Waals surface area contributed by atoms with Crippen molar-refractivity contribution in [3.63, 3.8) is 0 Å². The summed E-state index contributed by atoms with van der Waals surface area (Å²) in [6.45, 7) is 3.61. The van der Waals surface area contributed by atoms with Crippen molar-refractivity contribution in [2.45, 2.75) is 51.1 Å². The molecule has 0 saturated heterocycles. The normalized spacial score (nSPS) is 18.8. The van der Waals surface area contributed by atoms with E-state index in [4.69, 9.17) is 0 Å². The molecule has 0 amide bonds. The molecule has 0 radical (unpaired) electrons. The van der Waals surface area contributed by atoms with Crippen molar-refractivity contribution in [1.29, 1.82) is 0 Å². The van der Waals surface area contributed by atoms with Crippen LogP contribution < -0.4 is 10.6 Å². The number of aromatic nitrogens is 7. The van der Waals surface area contributed by atoms with Gasteiger partial charge in [0.25, 0.3) is 0 Å². The Morgan fingerprint density at radius 2 is 1.67 bits per heavy atom. The highest BCUT2D eigenvalue weighted by atomic mass is 19.4. The molecule has 2 N–H and O–H groups in total. The van der Waals surface area contributed by atoms with Crippen molar-refractivity contribution in [3.05, 3.63) is 35.8 Å². The van der Waals surface area contributed by atoms with E-state index in [1.165, 1.54) is 6.20 Å². The van der Waals surface area contributed by atoms with Gasteiger partial charge in [-0.2, -0.15) is 41.5 Å². The topological polar surface area (TPSA) is 98.4 Å². The number of rotatable bonds is 6. The first-order valence-electron chi connectivity index (χ1n) is 9.95. The van der Waals surface area contributed by atoms with E-state index in [0.717, 1.165) is 11.0 Å². The predicted octanol–water partition coefficient (Wildman–Crippen LogP) is 4.36. The average Bonchev–Trinajstić information content (AvgIpc) is 3.29. The highest BCUT2D eigenvalue weighted by Gasteiger charge is 2.42. The fraction of sp³-hybridized carbons (Fsp3) is 0.500. The minimum absolute atomic E-state index is 0.0504. The summed E-state index contributed by atoms with van der Waals surface area (Å²) in [6.07, 6.45) is -5.41. The molecule has 33 heavy (non-hydrogen) atoms. The zero-order chi connectivity index (χ0) is 24.0. The zero-order valence-electron chi connectivity index (χ0n) is 17.4. The van der Waals surface area contributed by atoms with E-state index in [1.807, 2.05) is 0 Å². The van der Waals surface area contributed by atoms with Crippen LogP contribution in [0.15, 0.2) is 18.7 Å². The molecular weight excluding hydrogens is 456 g/mol. The third-order valence-electron chi connectivity index (χ3n) is 5.34. The number of alkyl halides is 6.